The molecule has 0 unspecified atom stereocenters. The van der Waals surface area contributed by atoms with Gasteiger partial charge in [-0.1, -0.05) is 0 Å². The van der Waals surface area contributed by atoms with Crippen molar-refractivity contribution < 1.29 is 14.4 Å². The molecule has 1 aliphatic rings. The molecule has 0 aromatic rings. The van der Waals surface area contributed by atoms with E-state index in [1.807, 2.05) is 20.8 Å². The summed E-state index contributed by atoms with van der Waals surface area (Å²) in [4.78, 5) is 17.7. The lowest BCUT2D eigenvalue weighted by Crippen LogP contribution is -2.54. The first-order chi connectivity index (χ1) is 6.44. The van der Waals surface area contributed by atoms with E-state index < -0.39 is 5.60 Å². The molecule has 5 nitrogen and oxygen atoms in total. The summed E-state index contributed by atoms with van der Waals surface area (Å²) in [6.07, 6.45) is 0.641. The number of nitrogens with zero attached hydrogens (tertiary/aromatic N) is 1. The SMILES string of the molecule is CC(C)(C)OC(=O)N1CC[C@H]1CON. The van der Waals surface area contributed by atoms with Crippen LogP contribution in [0.2, 0.25) is 0 Å². The zero-order chi connectivity index (χ0) is 10.8. The van der Waals surface area contributed by atoms with Crippen LogP contribution in [0.5, 0.6) is 0 Å². The quantitative estimate of drug-likeness (QED) is 0.675. The number of ether oxygens (including phenoxy) is 1. The zero-order valence-corrected chi connectivity index (χ0v) is 8.95. The molecule has 82 valence electrons. The molecular formula is C9H18N2O3. The van der Waals surface area contributed by atoms with Gasteiger partial charge in [-0.15, -0.1) is 0 Å². The van der Waals surface area contributed by atoms with Crippen LogP contribution in [0.1, 0.15) is 27.2 Å². The molecule has 0 bridgehead atoms. The van der Waals surface area contributed by atoms with E-state index >= 15 is 0 Å². The fourth-order valence-electron chi connectivity index (χ4n) is 1.29. The van der Waals surface area contributed by atoms with Crippen molar-refractivity contribution >= 4 is 6.09 Å². The first-order valence-corrected chi connectivity index (χ1v) is 4.75. The lowest BCUT2D eigenvalue weighted by atomic mass is 10.1. The Bertz CT molecular complexity index is 213. The Morgan fingerprint density at radius 1 is 1.57 bits per heavy atom. The van der Waals surface area contributed by atoms with Crippen molar-refractivity contribution in [1.29, 1.82) is 0 Å². The van der Waals surface area contributed by atoms with Gasteiger partial charge in [-0.2, -0.15) is 0 Å². The van der Waals surface area contributed by atoms with E-state index in [1.54, 1.807) is 4.90 Å². The maximum absolute atomic E-state index is 11.5. The second-order valence-corrected chi connectivity index (χ2v) is 4.45. The molecule has 0 saturated carbocycles. The summed E-state index contributed by atoms with van der Waals surface area (Å²) in [6, 6.07) is 0.0786. The van der Waals surface area contributed by atoms with Gasteiger partial charge in [0, 0.05) is 6.54 Å². The van der Waals surface area contributed by atoms with Crippen LogP contribution < -0.4 is 5.90 Å². The molecule has 0 aromatic carbocycles. The highest BCUT2D eigenvalue weighted by Gasteiger charge is 2.35. The Morgan fingerprint density at radius 2 is 2.21 bits per heavy atom. The van der Waals surface area contributed by atoms with E-state index in [0.717, 1.165) is 13.0 Å². The van der Waals surface area contributed by atoms with Gasteiger partial charge in [0.15, 0.2) is 0 Å². The van der Waals surface area contributed by atoms with Crippen LogP contribution in [0.4, 0.5) is 4.79 Å². The van der Waals surface area contributed by atoms with Crippen LogP contribution >= 0.6 is 0 Å². The Kier molecular flexibility index (Phi) is 3.34. The predicted molar refractivity (Wildman–Crippen MR) is 51.5 cm³/mol. The van der Waals surface area contributed by atoms with E-state index in [-0.39, 0.29) is 12.1 Å². The molecule has 1 heterocycles. The second-order valence-electron chi connectivity index (χ2n) is 4.45. The van der Waals surface area contributed by atoms with Gasteiger partial charge in [-0.25, -0.2) is 10.7 Å². The van der Waals surface area contributed by atoms with Crippen molar-refractivity contribution in [3.8, 4) is 0 Å². The lowest BCUT2D eigenvalue weighted by molar-refractivity contribution is -0.0285. The standard InChI is InChI=1S/C9H18N2O3/c1-9(2,3)14-8(12)11-5-4-7(11)6-13-10/h7H,4-6,10H2,1-3H3/t7-/m0/s1. The molecule has 0 spiro atoms. The van der Waals surface area contributed by atoms with Crippen LogP contribution in [-0.4, -0.2) is 35.8 Å². The van der Waals surface area contributed by atoms with Crippen molar-refractivity contribution in [2.24, 2.45) is 5.90 Å². The minimum Gasteiger partial charge on any atom is -0.444 e. The predicted octanol–water partition coefficient (Wildman–Crippen LogP) is 0.886. The van der Waals surface area contributed by atoms with E-state index in [0.29, 0.717) is 6.61 Å². The molecule has 1 amide bonds. The maximum Gasteiger partial charge on any atom is 0.410 e. The number of likely N-dealkylation sites (tertiary alicyclic amines) is 1. The van der Waals surface area contributed by atoms with Gasteiger partial charge in [0.1, 0.15) is 5.60 Å². The van der Waals surface area contributed by atoms with Gasteiger partial charge in [-0.05, 0) is 27.2 Å². The Balaban J connectivity index is 2.38. The Hall–Kier alpha value is -0.810. The fraction of sp³-hybridized carbons (Fsp3) is 0.889. The molecule has 14 heavy (non-hydrogen) atoms. The minimum atomic E-state index is -0.444. The van der Waals surface area contributed by atoms with Crippen molar-refractivity contribution in [3.05, 3.63) is 0 Å². The van der Waals surface area contributed by atoms with Crippen LogP contribution in [0.25, 0.3) is 0 Å². The Morgan fingerprint density at radius 3 is 2.57 bits per heavy atom. The normalized spacial score (nSPS) is 21.7. The second kappa shape index (κ2) is 4.14. The van der Waals surface area contributed by atoms with Crippen molar-refractivity contribution in [2.75, 3.05) is 13.2 Å². The number of carbonyl (C=O) groups excluding carboxylic acids is 1. The Labute approximate surface area is 84.1 Å². The molecule has 0 aromatic heterocycles. The van der Waals surface area contributed by atoms with Gasteiger partial charge < -0.3 is 14.5 Å². The number of hydrogen-bond acceptors (Lipinski definition) is 4. The molecule has 2 N–H and O–H groups in total. The van der Waals surface area contributed by atoms with Crippen molar-refractivity contribution in [1.82, 2.24) is 4.90 Å². The molecule has 0 aliphatic carbocycles. The van der Waals surface area contributed by atoms with Crippen molar-refractivity contribution in [2.45, 2.75) is 38.8 Å². The number of carbonyl (C=O) groups is 1. The highest BCUT2D eigenvalue weighted by molar-refractivity contribution is 5.69. The minimum absolute atomic E-state index is 0.0786. The number of nitrogens with two attached hydrogens (primary N) is 1. The van der Waals surface area contributed by atoms with Gasteiger partial charge >= 0.3 is 6.09 Å². The van der Waals surface area contributed by atoms with E-state index in [4.69, 9.17) is 10.6 Å². The van der Waals surface area contributed by atoms with Gasteiger partial charge in [0.2, 0.25) is 0 Å². The van der Waals surface area contributed by atoms with E-state index in [1.165, 1.54) is 0 Å². The molecule has 0 radical (unpaired) electrons. The van der Waals surface area contributed by atoms with Gasteiger partial charge in [0.25, 0.3) is 0 Å². The third-order valence-electron chi connectivity index (χ3n) is 2.06. The summed E-state index contributed by atoms with van der Waals surface area (Å²) < 4.78 is 5.21. The largest absolute Gasteiger partial charge is 0.444 e. The molecule has 1 atom stereocenters. The topological polar surface area (TPSA) is 64.8 Å². The number of hydrogen-bond donors (Lipinski definition) is 1. The smallest absolute Gasteiger partial charge is 0.410 e. The lowest BCUT2D eigenvalue weighted by Gasteiger charge is -2.40. The molecule has 1 saturated heterocycles. The maximum atomic E-state index is 11.5. The molecular weight excluding hydrogens is 184 g/mol. The molecule has 1 rings (SSSR count). The van der Waals surface area contributed by atoms with Gasteiger partial charge in [0.05, 0.1) is 12.6 Å². The highest BCUT2D eigenvalue weighted by atomic mass is 16.6. The summed E-state index contributed by atoms with van der Waals surface area (Å²) >= 11 is 0. The fourth-order valence-corrected chi connectivity index (χ4v) is 1.29. The van der Waals surface area contributed by atoms with Crippen LogP contribution in [0.15, 0.2) is 0 Å². The summed E-state index contributed by atoms with van der Waals surface area (Å²) in [6.45, 7) is 6.64. The number of rotatable bonds is 2. The first-order valence-electron chi connectivity index (χ1n) is 4.75. The highest BCUT2D eigenvalue weighted by Crippen LogP contribution is 2.20. The third-order valence-corrected chi connectivity index (χ3v) is 2.06. The first kappa shape index (κ1) is 11.3. The zero-order valence-electron chi connectivity index (χ0n) is 8.95. The number of amides is 1. The molecule has 1 fully saturated rings. The summed E-state index contributed by atoms with van der Waals surface area (Å²) in [5, 5.41) is 0. The average molecular weight is 202 g/mol. The third kappa shape index (κ3) is 2.85. The van der Waals surface area contributed by atoms with Crippen LogP contribution in [-0.2, 0) is 9.57 Å². The van der Waals surface area contributed by atoms with Crippen LogP contribution in [0, 0.1) is 0 Å². The van der Waals surface area contributed by atoms with Crippen molar-refractivity contribution in [3.63, 3.8) is 0 Å². The molecule has 5 heteroatoms. The van der Waals surface area contributed by atoms with Crippen LogP contribution in [0.3, 0.4) is 0 Å². The van der Waals surface area contributed by atoms with E-state index in [2.05, 4.69) is 4.84 Å². The molecule has 1 aliphatic heterocycles. The average Bonchev–Trinajstić information content (AvgIpc) is 1.93. The van der Waals surface area contributed by atoms with Gasteiger partial charge in [-0.3, -0.25) is 0 Å². The monoisotopic (exact) mass is 202 g/mol. The van der Waals surface area contributed by atoms with E-state index in [9.17, 15) is 4.79 Å². The summed E-state index contributed by atoms with van der Waals surface area (Å²) in [5.41, 5.74) is -0.444. The summed E-state index contributed by atoms with van der Waals surface area (Å²) in [7, 11) is 0. The summed E-state index contributed by atoms with van der Waals surface area (Å²) in [5.74, 6) is 4.95.